The lowest BCUT2D eigenvalue weighted by atomic mass is 10.2. The molecule has 2 rings (SSSR count). The first kappa shape index (κ1) is 12.6. The summed E-state index contributed by atoms with van der Waals surface area (Å²) in [4.78, 5) is 13.9. The summed E-state index contributed by atoms with van der Waals surface area (Å²) in [7, 11) is 0. The lowest BCUT2D eigenvalue weighted by Crippen LogP contribution is -2.10. The number of rotatable bonds is 2. The van der Waals surface area contributed by atoms with Crippen LogP contribution in [-0.2, 0) is 0 Å². The molecule has 0 spiro atoms. The molecule has 0 atom stereocenters. The number of nitrogens with two attached hydrogens (primary N) is 1. The summed E-state index contributed by atoms with van der Waals surface area (Å²) in [5, 5.41) is 2.86. The third kappa shape index (κ3) is 2.54. The minimum absolute atomic E-state index is 0.0838. The minimum atomic E-state index is -0.0838. The van der Waals surface area contributed by atoms with Crippen molar-refractivity contribution in [1.82, 2.24) is 0 Å². The molecule has 1 amide bonds. The van der Waals surface area contributed by atoms with Gasteiger partial charge in [-0.2, -0.15) is 0 Å². The molecule has 0 bridgehead atoms. The Morgan fingerprint density at radius 2 is 1.89 bits per heavy atom. The molecule has 0 saturated carbocycles. The van der Waals surface area contributed by atoms with Crippen LogP contribution in [0.2, 0.25) is 0 Å². The van der Waals surface area contributed by atoms with Gasteiger partial charge < -0.3 is 11.1 Å². The normalized spacial score (nSPS) is 10.4. The molecule has 3 nitrogen and oxygen atoms in total. The summed E-state index contributed by atoms with van der Waals surface area (Å²) in [5.41, 5.74) is 9.39. The van der Waals surface area contributed by atoms with Crippen LogP contribution in [0.3, 0.4) is 0 Å². The van der Waals surface area contributed by atoms with Crippen molar-refractivity contribution >= 4 is 28.6 Å². The zero-order valence-corrected chi connectivity index (χ0v) is 11.5. The topological polar surface area (TPSA) is 55.1 Å². The molecule has 1 heterocycles. The van der Waals surface area contributed by atoms with Gasteiger partial charge >= 0.3 is 0 Å². The van der Waals surface area contributed by atoms with Gasteiger partial charge in [-0.25, -0.2) is 0 Å². The SMILES string of the molecule is Cc1ccc(NC(=O)c2cc(C)c(C)s2)cc1N. The highest BCUT2D eigenvalue weighted by molar-refractivity contribution is 7.14. The molecule has 18 heavy (non-hydrogen) atoms. The zero-order valence-electron chi connectivity index (χ0n) is 10.7. The molecule has 1 aromatic carbocycles. The van der Waals surface area contributed by atoms with Crippen molar-refractivity contribution in [2.45, 2.75) is 20.8 Å². The van der Waals surface area contributed by atoms with Crippen LogP contribution < -0.4 is 11.1 Å². The highest BCUT2D eigenvalue weighted by atomic mass is 32.1. The number of nitrogen functional groups attached to an aromatic ring is 1. The summed E-state index contributed by atoms with van der Waals surface area (Å²) in [6.07, 6.45) is 0. The van der Waals surface area contributed by atoms with Crippen molar-refractivity contribution in [2.75, 3.05) is 11.1 Å². The van der Waals surface area contributed by atoms with Crippen molar-refractivity contribution in [1.29, 1.82) is 0 Å². The Morgan fingerprint density at radius 3 is 2.44 bits per heavy atom. The second-order valence-electron chi connectivity index (χ2n) is 4.38. The van der Waals surface area contributed by atoms with E-state index in [1.807, 2.05) is 39.0 Å². The molecule has 2 aromatic rings. The highest BCUT2D eigenvalue weighted by Gasteiger charge is 2.10. The van der Waals surface area contributed by atoms with Crippen molar-refractivity contribution in [3.63, 3.8) is 0 Å². The number of aryl methyl sites for hydroxylation is 3. The van der Waals surface area contributed by atoms with Crippen molar-refractivity contribution < 1.29 is 4.79 Å². The number of thiophene rings is 1. The average Bonchev–Trinajstić information content (AvgIpc) is 2.65. The molecule has 94 valence electrons. The number of amides is 1. The molecule has 0 aliphatic rings. The predicted octanol–water partition coefficient (Wildman–Crippen LogP) is 3.51. The summed E-state index contributed by atoms with van der Waals surface area (Å²) in [6, 6.07) is 7.44. The van der Waals surface area contributed by atoms with Crippen molar-refractivity contribution in [3.05, 3.63) is 45.1 Å². The first-order valence-corrected chi connectivity index (χ1v) is 6.53. The Hall–Kier alpha value is -1.81. The smallest absolute Gasteiger partial charge is 0.265 e. The summed E-state index contributed by atoms with van der Waals surface area (Å²) >= 11 is 1.51. The third-order valence-corrected chi connectivity index (χ3v) is 4.08. The fourth-order valence-corrected chi connectivity index (χ4v) is 2.53. The fourth-order valence-electron chi connectivity index (χ4n) is 1.60. The van der Waals surface area contributed by atoms with Crippen LogP contribution in [-0.4, -0.2) is 5.91 Å². The van der Waals surface area contributed by atoms with Crippen LogP contribution in [0.25, 0.3) is 0 Å². The number of carbonyl (C=O) groups is 1. The maximum Gasteiger partial charge on any atom is 0.265 e. The van der Waals surface area contributed by atoms with Gasteiger partial charge in [0.1, 0.15) is 0 Å². The summed E-state index contributed by atoms with van der Waals surface area (Å²) in [5.74, 6) is -0.0838. The van der Waals surface area contributed by atoms with Crippen LogP contribution in [0.5, 0.6) is 0 Å². The average molecular weight is 260 g/mol. The molecule has 0 radical (unpaired) electrons. The Labute approximate surface area is 111 Å². The van der Waals surface area contributed by atoms with E-state index in [0.29, 0.717) is 5.69 Å². The molecular formula is C14H16N2OS. The highest BCUT2D eigenvalue weighted by Crippen LogP contribution is 2.23. The van der Waals surface area contributed by atoms with Gasteiger partial charge in [0, 0.05) is 16.3 Å². The van der Waals surface area contributed by atoms with E-state index in [9.17, 15) is 4.79 Å². The second-order valence-corrected chi connectivity index (χ2v) is 5.63. The molecule has 1 aromatic heterocycles. The van der Waals surface area contributed by atoms with E-state index in [4.69, 9.17) is 5.73 Å². The molecule has 0 aliphatic heterocycles. The maximum atomic E-state index is 12.0. The fraction of sp³-hybridized carbons (Fsp3) is 0.214. The van der Waals surface area contributed by atoms with E-state index in [1.165, 1.54) is 16.2 Å². The van der Waals surface area contributed by atoms with Gasteiger partial charge in [0.25, 0.3) is 5.91 Å². The van der Waals surface area contributed by atoms with Gasteiger partial charge in [-0.3, -0.25) is 4.79 Å². The number of carbonyl (C=O) groups excluding carboxylic acids is 1. The van der Waals surface area contributed by atoms with Gasteiger partial charge in [0.05, 0.1) is 4.88 Å². The number of benzene rings is 1. The quantitative estimate of drug-likeness (QED) is 0.812. The number of anilines is 2. The molecule has 4 heteroatoms. The summed E-state index contributed by atoms with van der Waals surface area (Å²) < 4.78 is 0. The Morgan fingerprint density at radius 1 is 1.17 bits per heavy atom. The second kappa shape index (κ2) is 4.82. The van der Waals surface area contributed by atoms with E-state index in [0.717, 1.165) is 21.7 Å². The van der Waals surface area contributed by atoms with E-state index in [2.05, 4.69) is 5.32 Å². The van der Waals surface area contributed by atoms with E-state index < -0.39 is 0 Å². The molecule has 0 aliphatic carbocycles. The maximum absolute atomic E-state index is 12.0. The van der Waals surface area contributed by atoms with Crippen molar-refractivity contribution in [2.24, 2.45) is 0 Å². The van der Waals surface area contributed by atoms with Gasteiger partial charge in [-0.15, -0.1) is 11.3 Å². The number of nitrogens with one attached hydrogen (secondary N) is 1. The minimum Gasteiger partial charge on any atom is -0.398 e. The molecule has 0 fully saturated rings. The van der Waals surface area contributed by atoms with Gasteiger partial charge in [0.2, 0.25) is 0 Å². The van der Waals surface area contributed by atoms with Gasteiger partial charge in [-0.1, -0.05) is 6.07 Å². The van der Waals surface area contributed by atoms with Crippen LogP contribution >= 0.6 is 11.3 Å². The Kier molecular flexibility index (Phi) is 3.39. The Balaban J connectivity index is 2.18. The molecule has 3 N–H and O–H groups in total. The third-order valence-electron chi connectivity index (χ3n) is 2.93. The van der Waals surface area contributed by atoms with Crippen molar-refractivity contribution in [3.8, 4) is 0 Å². The van der Waals surface area contributed by atoms with Crippen LogP contribution in [0, 0.1) is 20.8 Å². The van der Waals surface area contributed by atoms with Crippen LogP contribution in [0.1, 0.15) is 25.7 Å². The van der Waals surface area contributed by atoms with Gasteiger partial charge in [0.15, 0.2) is 0 Å². The number of hydrogen-bond acceptors (Lipinski definition) is 3. The predicted molar refractivity (Wildman–Crippen MR) is 77.3 cm³/mol. The van der Waals surface area contributed by atoms with Crippen LogP contribution in [0.4, 0.5) is 11.4 Å². The van der Waals surface area contributed by atoms with E-state index in [-0.39, 0.29) is 5.91 Å². The van der Waals surface area contributed by atoms with Gasteiger partial charge in [-0.05, 0) is 50.1 Å². The largest absolute Gasteiger partial charge is 0.398 e. The first-order valence-electron chi connectivity index (χ1n) is 5.72. The number of hydrogen-bond donors (Lipinski definition) is 2. The zero-order chi connectivity index (χ0) is 13.3. The molecule has 0 unspecified atom stereocenters. The first-order chi connectivity index (χ1) is 8.47. The van der Waals surface area contributed by atoms with E-state index >= 15 is 0 Å². The standard InChI is InChI=1S/C14H16N2OS/c1-8-4-5-11(7-12(8)15)16-14(17)13-6-9(2)10(3)18-13/h4-7H,15H2,1-3H3,(H,16,17). The molecular weight excluding hydrogens is 244 g/mol. The van der Waals surface area contributed by atoms with Crippen LogP contribution in [0.15, 0.2) is 24.3 Å². The van der Waals surface area contributed by atoms with E-state index in [1.54, 1.807) is 6.07 Å². The monoisotopic (exact) mass is 260 g/mol. The summed E-state index contributed by atoms with van der Waals surface area (Å²) in [6.45, 7) is 5.96. The molecule has 0 saturated heterocycles. The Bertz CT molecular complexity index is 582. The lowest BCUT2D eigenvalue weighted by Gasteiger charge is -2.06. The lowest BCUT2D eigenvalue weighted by molar-refractivity contribution is 0.103.